The maximum Gasteiger partial charge on any atom is 0.279 e. The van der Waals surface area contributed by atoms with Gasteiger partial charge in [-0.3, -0.25) is 4.79 Å². The molecule has 6 nitrogen and oxygen atoms in total. The van der Waals surface area contributed by atoms with Gasteiger partial charge >= 0.3 is 0 Å². The molecule has 0 spiro atoms. The second-order valence-corrected chi connectivity index (χ2v) is 6.01. The number of carbonyl (C=O) groups excluding carboxylic acids is 1. The van der Waals surface area contributed by atoms with Crippen LogP contribution in [-0.4, -0.2) is 38.6 Å². The Kier molecular flexibility index (Phi) is 5.43. The Morgan fingerprint density at radius 1 is 1.33 bits per heavy atom. The Bertz CT molecular complexity index is 992. The van der Waals surface area contributed by atoms with E-state index in [2.05, 4.69) is 16.1 Å². The molecule has 0 atom stereocenters. The summed E-state index contributed by atoms with van der Waals surface area (Å²) >= 11 is 6.23. The molecule has 2 aromatic carbocycles. The van der Waals surface area contributed by atoms with E-state index in [1.807, 2.05) is 24.3 Å². The fourth-order valence-corrected chi connectivity index (χ4v) is 2.94. The van der Waals surface area contributed by atoms with Crippen LogP contribution in [0.1, 0.15) is 11.1 Å². The van der Waals surface area contributed by atoms with E-state index in [-0.39, 0.29) is 18.2 Å². The topological polar surface area (TPSA) is 63.5 Å². The van der Waals surface area contributed by atoms with Crippen molar-refractivity contribution in [3.05, 3.63) is 52.5 Å². The van der Waals surface area contributed by atoms with Gasteiger partial charge in [0.2, 0.25) is 0 Å². The predicted octanol–water partition coefficient (Wildman–Crippen LogP) is 3.16. The molecule has 3 rings (SSSR count). The largest absolute Gasteiger partial charge is 0.493 e. The lowest BCUT2D eigenvalue weighted by atomic mass is 10.1. The van der Waals surface area contributed by atoms with E-state index in [9.17, 15) is 4.79 Å². The van der Waals surface area contributed by atoms with Gasteiger partial charge in [-0.05, 0) is 18.2 Å². The van der Waals surface area contributed by atoms with Crippen LogP contribution < -0.4 is 14.4 Å². The summed E-state index contributed by atoms with van der Waals surface area (Å²) in [7, 11) is 3.20. The van der Waals surface area contributed by atoms with Crippen molar-refractivity contribution in [2.75, 3.05) is 25.7 Å². The molecule has 2 aromatic rings. The van der Waals surface area contributed by atoms with Crippen LogP contribution in [-0.2, 0) is 4.79 Å². The standard InChI is InChI=1S/C20H16ClN3O3/c1-4-9-27-19-15(21)10-13(11-17(19)26-3)12-22-23-18-14-7-5-6-8-16(14)24(2)20(18)25/h1,5-8,10-12H,9H2,2-3H3/b22-12-,23-18-. The van der Waals surface area contributed by atoms with Crippen LogP contribution >= 0.6 is 11.6 Å². The Balaban J connectivity index is 1.89. The zero-order chi connectivity index (χ0) is 19.4. The zero-order valence-electron chi connectivity index (χ0n) is 14.8. The van der Waals surface area contributed by atoms with Crippen molar-refractivity contribution in [1.29, 1.82) is 0 Å². The molecule has 7 heteroatoms. The molecule has 1 heterocycles. The molecule has 27 heavy (non-hydrogen) atoms. The minimum atomic E-state index is -0.206. The number of methoxy groups -OCH3 is 1. The minimum absolute atomic E-state index is 0.0756. The summed E-state index contributed by atoms with van der Waals surface area (Å²) in [6, 6.07) is 10.8. The summed E-state index contributed by atoms with van der Waals surface area (Å²) in [5, 5.41) is 8.48. The maximum absolute atomic E-state index is 12.4. The molecule has 0 saturated carbocycles. The number of rotatable bonds is 5. The van der Waals surface area contributed by atoms with Gasteiger partial charge in [0.1, 0.15) is 6.61 Å². The van der Waals surface area contributed by atoms with Crippen molar-refractivity contribution in [1.82, 2.24) is 0 Å². The molecule has 0 N–H and O–H groups in total. The molecular formula is C20H16ClN3O3. The third-order valence-electron chi connectivity index (χ3n) is 3.94. The minimum Gasteiger partial charge on any atom is -0.493 e. The number of nitrogens with zero attached hydrogens (tertiary/aromatic N) is 3. The number of likely N-dealkylation sites (N-methyl/N-ethyl adjacent to an activating group) is 1. The molecule has 0 unspecified atom stereocenters. The lowest BCUT2D eigenvalue weighted by molar-refractivity contribution is -0.111. The van der Waals surface area contributed by atoms with Crippen molar-refractivity contribution in [2.45, 2.75) is 0 Å². The Morgan fingerprint density at radius 3 is 2.85 bits per heavy atom. The van der Waals surface area contributed by atoms with E-state index in [4.69, 9.17) is 27.5 Å². The Morgan fingerprint density at radius 2 is 2.11 bits per heavy atom. The smallest absolute Gasteiger partial charge is 0.279 e. The first-order chi connectivity index (χ1) is 13.1. The Hall–Kier alpha value is -3.30. The van der Waals surface area contributed by atoms with Crippen molar-refractivity contribution in [3.8, 4) is 23.8 Å². The molecule has 1 aliphatic heterocycles. The van der Waals surface area contributed by atoms with Crippen LogP contribution in [0.5, 0.6) is 11.5 Å². The second kappa shape index (κ2) is 7.94. The van der Waals surface area contributed by atoms with E-state index >= 15 is 0 Å². The highest BCUT2D eigenvalue weighted by atomic mass is 35.5. The number of amides is 1. The molecule has 0 bridgehead atoms. The lowest BCUT2D eigenvalue weighted by Crippen LogP contribution is -2.25. The number of benzene rings is 2. The molecule has 0 radical (unpaired) electrons. The lowest BCUT2D eigenvalue weighted by Gasteiger charge is -2.11. The molecular weight excluding hydrogens is 366 g/mol. The summed E-state index contributed by atoms with van der Waals surface area (Å²) < 4.78 is 10.7. The van der Waals surface area contributed by atoms with E-state index in [0.717, 1.165) is 11.3 Å². The van der Waals surface area contributed by atoms with Crippen molar-refractivity contribution in [2.24, 2.45) is 10.2 Å². The number of para-hydroxylation sites is 1. The van der Waals surface area contributed by atoms with Gasteiger partial charge in [0, 0.05) is 18.2 Å². The fourth-order valence-electron chi connectivity index (χ4n) is 2.67. The van der Waals surface area contributed by atoms with Crippen molar-refractivity contribution in [3.63, 3.8) is 0 Å². The van der Waals surface area contributed by atoms with Crippen LogP contribution in [0.2, 0.25) is 5.02 Å². The van der Waals surface area contributed by atoms with Gasteiger partial charge in [0.05, 0.1) is 24.0 Å². The SMILES string of the molecule is C#CCOc1c(Cl)cc(/C=N\N=C2/C(=O)N(C)c3ccccc32)cc1OC. The zero-order valence-corrected chi connectivity index (χ0v) is 15.5. The Labute approximate surface area is 162 Å². The van der Waals surface area contributed by atoms with Crippen LogP contribution in [0.15, 0.2) is 46.6 Å². The summed E-state index contributed by atoms with van der Waals surface area (Å²) in [4.78, 5) is 13.9. The van der Waals surface area contributed by atoms with Gasteiger partial charge in [0.25, 0.3) is 5.91 Å². The van der Waals surface area contributed by atoms with Gasteiger partial charge in [-0.1, -0.05) is 35.7 Å². The van der Waals surface area contributed by atoms with Crippen LogP contribution in [0.25, 0.3) is 0 Å². The molecule has 1 aliphatic rings. The summed E-state index contributed by atoms with van der Waals surface area (Å²) in [5.41, 5.74) is 2.48. The van der Waals surface area contributed by atoms with Crippen molar-refractivity contribution >= 4 is 35.1 Å². The number of anilines is 1. The quantitative estimate of drug-likeness (QED) is 0.454. The number of hydrogen-bond donors (Lipinski definition) is 0. The number of terminal acetylenes is 1. The van der Waals surface area contributed by atoms with Gasteiger partial charge in [-0.25, -0.2) is 0 Å². The number of halogens is 1. The normalized spacial score (nSPS) is 14.5. The monoisotopic (exact) mass is 381 g/mol. The third kappa shape index (κ3) is 3.64. The van der Waals surface area contributed by atoms with E-state index < -0.39 is 0 Å². The highest BCUT2D eigenvalue weighted by molar-refractivity contribution is 6.54. The molecule has 1 amide bonds. The average Bonchev–Trinajstić information content (AvgIpc) is 2.92. The van der Waals surface area contributed by atoms with Crippen LogP contribution in [0, 0.1) is 12.3 Å². The van der Waals surface area contributed by atoms with Crippen LogP contribution in [0.4, 0.5) is 5.69 Å². The molecule has 0 aliphatic carbocycles. The van der Waals surface area contributed by atoms with Gasteiger partial charge in [0.15, 0.2) is 17.2 Å². The highest BCUT2D eigenvalue weighted by Gasteiger charge is 2.30. The second-order valence-electron chi connectivity index (χ2n) is 5.60. The molecule has 0 aromatic heterocycles. The first kappa shape index (κ1) is 18.5. The molecule has 0 fully saturated rings. The molecule has 0 saturated heterocycles. The molecule has 136 valence electrons. The van der Waals surface area contributed by atoms with E-state index in [1.165, 1.54) is 13.3 Å². The first-order valence-corrected chi connectivity index (χ1v) is 8.37. The van der Waals surface area contributed by atoms with E-state index in [0.29, 0.717) is 22.1 Å². The predicted molar refractivity (Wildman–Crippen MR) is 106 cm³/mol. The van der Waals surface area contributed by atoms with E-state index in [1.54, 1.807) is 24.1 Å². The van der Waals surface area contributed by atoms with Crippen LogP contribution in [0.3, 0.4) is 0 Å². The summed E-state index contributed by atoms with van der Waals surface area (Å²) in [6.45, 7) is 0.0756. The number of ether oxygens (including phenoxy) is 2. The first-order valence-electron chi connectivity index (χ1n) is 7.99. The average molecular weight is 382 g/mol. The maximum atomic E-state index is 12.4. The number of fused-ring (bicyclic) bond motifs is 1. The number of hydrogen-bond acceptors (Lipinski definition) is 5. The van der Waals surface area contributed by atoms with Crippen molar-refractivity contribution < 1.29 is 14.3 Å². The van der Waals surface area contributed by atoms with Gasteiger partial charge in [-0.15, -0.1) is 11.5 Å². The third-order valence-corrected chi connectivity index (χ3v) is 4.22. The van der Waals surface area contributed by atoms with Gasteiger partial charge in [-0.2, -0.15) is 5.10 Å². The highest BCUT2D eigenvalue weighted by Crippen LogP contribution is 2.36. The van der Waals surface area contributed by atoms with Gasteiger partial charge < -0.3 is 14.4 Å². The summed E-state index contributed by atoms with van der Waals surface area (Å²) in [6.07, 6.45) is 6.69. The summed E-state index contributed by atoms with van der Waals surface area (Å²) in [5.74, 6) is 2.96. The fraction of sp³-hybridized carbons (Fsp3) is 0.150. The number of carbonyl (C=O) groups is 1.